The first-order chi connectivity index (χ1) is 9.65. The Hall–Kier alpha value is -2.44. The van der Waals surface area contributed by atoms with Crippen molar-refractivity contribution in [2.75, 3.05) is 5.73 Å². The average Bonchev–Trinajstić information content (AvgIpc) is 3.17. The quantitative estimate of drug-likeness (QED) is 0.916. The lowest BCUT2D eigenvalue weighted by Crippen LogP contribution is -2.33. The molecule has 20 heavy (non-hydrogen) atoms. The van der Waals surface area contributed by atoms with Gasteiger partial charge in [0.2, 0.25) is 11.5 Å². The fourth-order valence-corrected chi connectivity index (χ4v) is 2.06. The predicted octanol–water partition coefficient (Wildman–Crippen LogP) is 1.60. The lowest BCUT2D eigenvalue weighted by atomic mass is 10.2. The van der Waals surface area contributed by atoms with E-state index in [1.54, 1.807) is 17.0 Å². The van der Waals surface area contributed by atoms with Crippen molar-refractivity contribution in [2.45, 2.75) is 25.4 Å². The van der Waals surface area contributed by atoms with Crippen LogP contribution in [0, 0.1) is 5.82 Å². The number of nitrogens with two attached hydrogens (primary N) is 1. The molecule has 1 saturated carbocycles. The van der Waals surface area contributed by atoms with Gasteiger partial charge in [-0.1, -0.05) is 12.1 Å². The number of amides is 1. The highest BCUT2D eigenvalue weighted by Crippen LogP contribution is 2.30. The molecule has 0 spiro atoms. The van der Waals surface area contributed by atoms with E-state index in [0.717, 1.165) is 18.4 Å². The van der Waals surface area contributed by atoms with Crippen molar-refractivity contribution in [2.24, 2.45) is 0 Å². The summed E-state index contributed by atoms with van der Waals surface area (Å²) in [7, 11) is 0. The van der Waals surface area contributed by atoms with Gasteiger partial charge in [0.25, 0.3) is 5.91 Å². The first kappa shape index (κ1) is 12.6. The Balaban J connectivity index is 1.83. The van der Waals surface area contributed by atoms with E-state index in [1.807, 2.05) is 0 Å². The molecule has 1 aromatic carbocycles. The van der Waals surface area contributed by atoms with Crippen molar-refractivity contribution in [1.82, 2.24) is 15.2 Å². The molecule has 0 atom stereocenters. The minimum Gasteiger partial charge on any atom is -0.379 e. The highest BCUT2D eigenvalue weighted by Gasteiger charge is 2.35. The largest absolute Gasteiger partial charge is 0.379 e. The molecule has 7 heteroatoms. The van der Waals surface area contributed by atoms with Crippen molar-refractivity contribution in [3.63, 3.8) is 0 Å². The monoisotopic (exact) mass is 276 g/mol. The molecular weight excluding hydrogens is 263 g/mol. The van der Waals surface area contributed by atoms with E-state index < -0.39 is 0 Å². The summed E-state index contributed by atoms with van der Waals surface area (Å²) < 4.78 is 17.7. The number of carbonyl (C=O) groups excluding carboxylic acids is 1. The van der Waals surface area contributed by atoms with Crippen molar-refractivity contribution in [1.29, 1.82) is 0 Å². The van der Waals surface area contributed by atoms with Gasteiger partial charge in [0.15, 0.2) is 0 Å². The summed E-state index contributed by atoms with van der Waals surface area (Å²) in [5.74, 6) is -0.691. The Morgan fingerprint density at radius 2 is 2.25 bits per heavy atom. The van der Waals surface area contributed by atoms with Crippen LogP contribution in [0.2, 0.25) is 0 Å². The molecule has 6 nitrogen and oxygen atoms in total. The Labute approximate surface area is 114 Å². The molecule has 0 unspecified atom stereocenters. The van der Waals surface area contributed by atoms with Crippen LogP contribution in [0.3, 0.4) is 0 Å². The molecule has 1 heterocycles. The zero-order valence-electron chi connectivity index (χ0n) is 10.6. The number of carbonyl (C=O) groups is 1. The van der Waals surface area contributed by atoms with Gasteiger partial charge in [0.1, 0.15) is 5.82 Å². The number of nitrogens with zero attached hydrogens (tertiary/aromatic N) is 3. The van der Waals surface area contributed by atoms with Crippen LogP contribution < -0.4 is 5.73 Å². The number of benzene rings is 1. The molecule has 2 N–H and O–H groups in total. The van der Waals surface area contributed by atoms with Crippen LogP contribution in [-0.4, -0.2) is 27.2 Å². The van der Waals surface area contributed by atoms with Crippen LogP contribution in [0.5, 0.6) is 0 Å². The van der Waals surface area contributed by atoms with Gasteiger partial charge in [-0.3, -0.25) is 4.79 Å². The van der Waals surface area contributed by atoms with Gasteiger partial charge < -0.3 is 10.6 Å². The fourth-order valence-electron chi connectivity index (χ4n) is 2.06. The summed E-state index contributed by atoms with van der Waals surface area (Å²) >= 11 is 0. The molecule has 1 fully saturated rings. The van der Waals surface area contributed by atoms with Crippen molar-refractivity contribution in [3.8, 4) is 0 Å². The van der Waals surface area contributed by atoms with Crippen molar-refractivity contribution >= 4 is 11.7 Å². The Morgan fingerprint density at radius 1 is 1.45 bits per heavy atom. The van der Waals surface area contributed by atoms with Crippen LogP contribution in [0.25, 0.3) is 0 Å². The number of rotatable bonds is 4. The minimum atomic E-state index is -0.337. The van der Waals surface area contributed by atoms with Gasteiger partial charge in [-0.05, 0) is 40.9 Å². The molecule has 0 saturated heterocycles. The van der Waals surface area contributed by atoms with Crippen molar-refractivity contribution in [3.05, 3.63) is 41.3 Å². The maximum atomic E-state index is 13.2. The third-order valence-corrected chi connectivity index (χ3v) is 3.21. The van der Waals surface area contributed by atoms with Crippen LogP contribution >= 0.6 is 0 Å². The lowest BCUT2D eigenvalue weighted by molar-refractivity contribution is 0.0719. The summed E-state index contributed by atoms with van der Waals surface area (Å²) in [5, 5.41) is 6.93. The molecule has 1 amide bonds. The zero-order chi connectivity index (χ0) is 14.1. The maximum Gasteiger partial charge on any atom is 0.280 e. The van der Waals surface area contributed by atoms with Gasteiger partial charge in [0.05, 0.1) is 0 Å². The molecular formula is C13H13FN4O2. The Morgan fingerprint density at radius 3 is 2.85 bits per heavy atom. The van der Waals surface area contributed by atoms with Crippen molar-refractivity contribution < 1.29 is 13.8 Å². The second kappa shape index (κ2) is 4.92. The summed E-state index contributed by atoms with van der Waals surface area (Å²) in [4.78, 5) is 14.0. The number of nitrogen functional groups attached to an aromatic ring is 1. The second-order valence-electron chi connectivity index (χ2n) is 4.79. The van der Waals surface area contributed by atoms with E-state index in [9.17, 15) is 9.18 Å². The highest BCUT2D eigenvalue weighted by atomic mass is 19.1. The van der Waals surface area contributed by atoms with Crippen LogP contribution in [0.4, 0.5) is 10.2 Å². The van der Waals surface area contributed by atoms with Gasteiger partial charge >= 0.3 is 0 Å². The summed E-state index contributed by atoms with van der Waals surface area (Å²) in [6.07, 6.45) is 1.85. The first-order valence-corrected chi connectivity index (χ1v) is 6.28. The number of hydrogen-bond donors (Lipinski definition) is 1. The maximum absolute atomic E-state index is 13.2. The smallest absolute Gasteiger partial charge is 0.280 e. The predicted molar refractivity (Wildman–Crippen MR) is 68.0 cm³/mol. The van der Waals surface area contributed by atoms with Crippen LogP contribution in [0.15, 0.2) is 28.9 Å². The van der Waals surface area contributed by atoms with E-state index in [2.05, 4.69) is 14.9 Å². The zero-order valence-corrected chi connectivity index (χ0v) is 10.6. The molecule has 1 aliphatic carbocycles. The number of anilines is 1. The third-order valence-electron chi connectivity index (χ3n) is 3.21. The SMILES string of the molecule is Nc1nonc1C(=O)N(Cc1cccc(F)c1)C1CC1. The summed E-state index contributed by atoms with van der Waals surface area (Å²) in [6, 6.07) is 6.31. The Kier molecular flexibility index (Phi) is 3.09. The minimum absolute atomic E-state index is 0.00769. The summed E-state index contributed by atoms with van der Waals surface area (Å²) in [6.45, 7) is 0.313. The number of halogens is 1. The van der Waals surface area contributed by atoms with E-state index in [-0.39, 0.29) is 29.3 Å². The standard InChI is InChI=1S/C13H13FN4O2/c14-9-3-1-2-8(6-9)7-18(10-4-5-10)13(19)11-12(15)17-20-16-11/h1-3,6,10H,4-5,7H2,(H2,15,17). The van der Waals surface area contributed by atoms with E-state index in [0.29, 0.717) is 6.54 Å². The van der Waals surface area contributed by atoms with E-state index in [4.69, 9.17) is 5.73 Å². The van der Waals surface area contributed by atoms with Gasteiger partial charge in [-0.15, -0.1) is 0 Å². The fraction of sp³-hybridized carbons (Fsp3) is 0.308. The highest BCUT2D eigenvalue weighted by molar-refractivity contribution is 5.96. The molecule has 0 aliphatic heterocycles. The normalized spacial score (nSPS) is 14.2. The molecule has 0 radical (unpaired) electrons. The molecule has 1 aromatic heterocycles. The topological polar surface area (TPSA) is 85.2 Å². The van der Waals surface area contributed by atoms with Gasteiger partial charge in [-0.25, -0.2) is 9.02 Å². The first-order valence-electron chi connectivity index (χ1n) is 6.28. The van der Waals surface area contributed by atoms with Crippen LogP contribution in [0.1, 0.15) is 28.9 Å². The molecule has 3 rings (SSSR count). The third kappa shape index (κ3) is 2.47. The van der Waals surface area contributed by atoms with E-state index in [1.165, 1.54) is 12.1 Å². The molecule has 1 aliphatic rings. The number of hydrogen-bond acceptors (Lipinski definition) is 5. The van der Waals surface area contributed by atoms with Crippen LogP contribution in [-0.2, 0) is 6.54 Å². The van der Waals surface area contributed by atoms with Gasteiger partial charge in [0, 0.05) is 12.6 Å². The average molecular weight is 276 g/mol. The lowest BCUT2D eigenvalue weighted by Gasteiger charge is -2.21. The summed E-state index contributed by atoms with van der Waals surface area (Å²) in [5.41, 5.74) is 6.27. The molecule has 104 valence electrons. The van der Waals surface area contributed by atoms with Gasteiger partial charge in [-0.2, -0.15) is 0 Å². The van der Waals surface area contributed by atoms with E-state index >= 15 is 0 Å². The molecule has 0 bridgehead atoms. The molecule has 2 aromatic rings. The second-order valence-corrected chi connectivity index (χ2v) is 4.79. The Bertz CT molecular complexity index is 639. The number of aromatic nitrogens is 2.